The number of hydrogen-bond donors (Lipinski definition) is 2. The maximum Gasteiger partial charge on any atom is 0.251 e. The molecule has 1 fully saturated rings. The first-order chi connectivity index (χ1) is 11.1. The van der Waals surface area contributed by atoms with Crippen LogP contribution in [-0.4, -0.2) is 23.2 Å². The minimum atomic E-state index is -0.193. The van der Waals surface area contributed by atoms with Gasteiger partial charge in [-0.1, -0.05) is 19.1 Å². The van der Waals surface area contributed by atoms with Gasteiger partial charge in [-0.25, -0.2) is 0 Å². The molecule has 1 atom stereocenters. The minimum absolute atomic E-state index is 0.0552. The number of carbonyl (C=O) groups is 1. The molecule has 2 aromatic rings. The molecular weight excluding hydrogens is 290 g/mol. The first kappa shape index (κ1) is 15.8. The van der Waals surface area contributed by atoms with Crippen molar-refractivity contribution in [3.63, 3.8) is 0 Å². The predicted octanol–water partition coefficient (Wildman–Crippen LogP) is 3.53. The monoisotopic (exact) mass is 313 g/mol. The van der Waals surface area contributed by atoms with Crippen molar-refractivity contribution >= 4 is 5.91 Å². The first-order valence-electron chi connectivity index (χ1n) is 8.22. The maximum atomic E-state index is 12.4. The molecule has 1 amide bonds. The van der Waals surface area contributed by atoms with Crippen LogP contribution in [0.3, 0.4) is 0 Å². The second-order valence-electron chi connectivity index (χ2n) is 6.36. The second-order valence-corrected chi connectivity index (χ2v) is 6.36. The Bertz CT molecular complexity index is 668. The van der Waals surface area contributed by atoms with Gasteiger partial charge in [0.05, 0.1) is 6.10 Å². The van der Waals surface area contributed by atoms with Crippen molar-refractivity contribution in [3.05, 3.63) is 47.7 Å². The third-order valence-electron chi connectivity index (χ3n) is 4.65. The van der Waals surface area contributed by atoms with Gasteiger partial charge in [-0.15, -0.1) is 0 Å². The Balaban J connectivity index is 1.65. The van der Waals surface area contributed by atoms with Crippen LogP contribution in [0.2, 0.25) is 0 Å². The number of aliphatic hydroxyl groups excluding tert-OH is 1. The van der Waals surface area contributed by atoms with E-state index in [0.717, 1.165) is 36.3 Å². The van der Waals surface area contributed by atoms with Crippen molar-refractivity contribution in [2.75, 3.05) is 0 Å². The summed E-state index contributed by atoms with van der Waals surface area (Å²) in [4.78, 5) is 12.4. The molecular formula is C19H23NO3. The molecule has 1 aromatic heterocycles. The Labute approximate surface area is 136 Å². The van der Waals surface area contributed by atoms with Crippen molar-refractivity contribution in [1.29, 1.82) is 0 Å². The van der Waals surface area contributed by atoms with E-state index in [1.54, 1.807) is 0 Å². The predicted molar refractivity (Wildman–Crippen MR) is 89.2 cm³/mol. The highest BCUT2D eigenvalue weighted by Crippen LogP contribution is 2.31. The number of aryl methyl sites for hydroxylation is 1. The van der Waals surface area contributed by atoms with E-state index in [9.17, 15) is 9.90 Å². The SMILES string of the molecule is CCC(NC(=O)c1ccc(-c2ccc(C)o2)cc1)C1CC(O)C1. The van der Waals surface area contributed by atoms with Crippen molar-refractivity contribution in [2.24, 2.45) is 5.92 Å². The summed E-state index contributed by atoms with van der Waals surface area (Å²) in [5, 5.41) is 12.5. The summed E-state index contributed by atoms with van der Waals surface area (Å²) >= 11 is 0. The Morgan fingerprint density at radius 1 is 1.26 bits per heavy atom. The van der Waals surface area contributed by atoms with Gasteiger partial charge < -0.3 is 14.8 Å². The van der Waals surface area contributed by atoms with Gasteiger partial charge in [0, 0.05) is 17.2 Å². The van der Waals surface area contributed by atoms with E-state index in [-0.39, 0.29) is 18.1 Å². The van der Waals surface area contributed by atoms with Crippen LogP contribution in [0.25, 0.3) is 11.3 Å². The molecule has 3 rings (SSSR count). The zero-order chi connectivity index (χ0) is 16.4. The fourth-order valence-corrected chi connectivity index (χ4v) is 3.14. The summed E-state index contributed by atoms with van der Waals surface area (Å²) in [5.74, 6) is 2.02. The molecule has 1 aliphatic rings. The van der Waals surface area contributed by atoms with E-state index in [4.69, 9.17) is 4.42 Å². The Hall–Kier alpha value is -2.07. The average molecular weight is 313 g/mol. The number of carbonyl (C=O) groups excluding carboxylic acids is 1. The van der Waals surface area contributed by atoms with Crippen molar-refractivity contribution in [3.8, 4) is 11.3 Å². The van der Waals surface area contributed by atoms with Crippen LogP contribution in [-0.2, 0) is 0 Å². The lowest BCUT2D eigenvalue weighted by molar-refractivity contribution is 0.0232. The van der Waals surface area contributed by atoms with Crippen LogP contribution in [0.1, 0.15) is 42.3 Å². The highest BCUT2D eigenvalue weighted by molar-refractivity contribution is 5.94. The van der Waals surface area contributed by atoms with Crippen LogP contribution in [0.15, 0.2) is 40.8 Å². The van der Waals surface area contributed by atoms with Gasteiger partial charge >= 0.3 is 0 Å². The molecule has 2 N–H and O–H groups in total. The molecule has 4 heteroatoms. The molecule has 23 heavy (non-hydrogen) atoms. The van der Waals surface area contributed by atoms with Crippen LogP contribution in [0, 0.1) is 12.8 Å². The molecule has 1 heterocycles. The van der Waals surface area contributed by atoms with Crippen LogP contribution in [0.4, 0.5) is 0 Å². The molecule has 1 unspecified atom stereocenters. The first-order valence-corrected chi connectivity index (χ1v) is 8.22. The standard InChI is InChI=1S/C19H23NO3/c1-3-17(15-10-16(21)11-15)20-19(22)14-7-5-13(6-8-14)18-9-4-12(2)23-18/h4-9,15-17,21H,3,10-11H2,1-2H3,(H,20,22). The number of rotatable bonds is 5. The fraction of sp³-hybridized carbons (Fsp3) is 0.421. The largest absolute Gasteiger partial charge is 0.461 e. The number of furan rings is 1. The molecule has 0 saturated heterocycles. The van der Waals surface area contributed by atoms with Gasteiger partial charge in [0.1, 0.15) is 11.5 Å². The van der Waals surface area contributed by atoms with Crippen LogP contribution < -0.4 is 5.32 Å². The summed E-state index contributed by atoms with van der Waals surface area (Å²) in [6, 6.07) is 11.4. The molecule has 4 nitrogen and oxygen atoms in total. The fourth-order valence-electron chi connectivity index (χ4n) is 3.14. The Morgan fingerprint density at radius 2 is 1.96 bits per heavy atom. The number of hydrogen-bond acceptors (Lipinski definition) is 3. The van der Waals surface area contributed by atoms with E-state index in [0.29, 0.717) is 11.5 Å². The van der Waals surface area contributed by atoms with Gasteiger partial charge in [-0.05, 0) is 56.4 Å². The minimum Gasteiger partial charge on any atom is -0.461 e. The van der Waals surface area contributed by atoms with Gasteiger partial charge in [-0.3, -0.25) is 4.79 Å². The van der Waals surface area contributed by atoms with Crippen molar-refractivity contribution in [2.45, 2.75) is 45.3 Å². The average Bonchev–Trinajstić information content (AvgIpc) is 2.96. The normalized spacial score (nSPS) is 21.5. The van der Waals surface area contributed by atoms with Gasteiger partial charge in [0.15, 0.2) is 0 Å². The molecule has 0 radical (unpaired) electrons. The highest BCUT2D eigenvalue weighted by Gasteiger charge is 2.33. The summed E-state index contributed by atoms with van der Waals surface area (Å²) in [6.45, 7) is 3.98. The third-order valence-corrected chi connectivity index (χ3v) is 4.65. The second kappa shape index (κ2) is 6.59. The molecule has 0 aliphatic heterocycles. The quantitative estimate of drug-likeness (QED) is 0.887. The lowest BCUT2D eigenvalue weighted by Crippen LogP contribution is -2.46. The van der Waals surface area contributed by atoms with Gasteiger partial charge in [0.2, 0.25) is 0 Å². The Morgan fingerprint density at radius 3 is 2.48 bits per heavy atom. The number of amides is 1. The van der Waals surface area contributed by atoms with E-state index >= 15 is 0 Å². The molecule has 0 bridgehead atoms. The summed E-state index contributed by atoms with van der Waals surface area (Å²) in [5.41, 5.74) is 1.61. The van der Waals surface area contributed by atoms with E-state index < -0.39 is 0 Å². The van der Waals surface area contributed by atoms with Crippen LogP contribution in [0.5, 0.6) is 0 Å². The summed E-state index contributed by atoms with van der Waals surface area (Å²) < 4.78 is 5.59. The molecule has 1 aliphatic carbocycles. The lowest BCUT2D eigenvalue weighted by atomic mass is 9.76. The van der Waals surface area contributed by atoms with Gasteiger partial charge in [-0.2, -0.15) is 0 Å². The van der Waals surface area contributed by atoms with Gasteiger partial charge in [0.25, 0.3) is 5.91 Å². The lowest BCUT2D eigenvalue weighted by Gasteiger charge is -2.37. The molecule has 1 aromatic carbocycles. The highest BCUT2D eigenvalue weighted by atomic mass is 16.3. The number of aliphatic hydroxyl groups is 1. The smallest absolute Gasteiger partial charge is 0.251 e. The molecule has 0 spiro atoms. The Kier molecular flexibility index (Phi) is 4.53. The summed E-state index contributed by atoms with van der Waals surface area (Å²) in [6.07, 6.45) is 2.26. The molecule has 122 valence electrons. The van der Waals surface area contributed by atoms with E-state index in [1.165, 1.54) is 0 Å². The third kappa shape index (κ3) is 3.48. The summed E-state index contributed by atoms with van der Waals surface area (Å²) in [7, 11) is 0. The topological polar surface area (TPSA) is 62.5 Å². The maximum absolute atomic E-state index is 12.4. The van der Waals surface area contributed by atoms with Crippen molar-refractivity contribution in [1.82, 2.24) is 5.32 Å². The van der Waals surface area contributed by atoms with E-state index in [2.05, 4.69) is 12.2 Å². The van der Waals surface area contributed by atoms with Crippen molar-refractivity contribution < 1.29 is 14.3 Å². The zero-order valence-corrected chi connectivity index (χ0v) is 13.6. The number of nitrogens with one attached hydrogen (secondary N) is 1. The molecule has 1 saturated carbocycles. The van der Waals surface area contributed by atoms with E-state index in [1.807, 2.05) is 43.3 Å². The zero-order valence-electron chi connectivity index (χ0n) is 13.6. The number of benzene rings is 1. The van der Waals surface area contributed by atoms with Crippen LogP contribution >= 0.6 is 0 Å².